The monoisotopic (exact) mass is 427 g/mol. The van der Waals surface area contributed by atoms with Gasteiger partial charge < -0.3 is 9.64 Å². The van der Waals surface area contributed by atoms with Crippen LogP contribution in [0, 0.1) is 5.82 Å². The number of rotatable bonds is 7. The van der Waals surface area contributed by atoms with Gasteiger partial charge in [-0.3, -0.25) is 9.69 Å². The maximum Gasteiger partial charge on any atom is 0.227 e. The molecule has 0 bridgehead atoms. The molecule has 1 unspecified atom stereocenters. The number of ether oxygens (including phenoxy) is 1. The second kappa shape index (κ2) is 9.97. The third-order valence-corrected chi connectivity index (χ3v) is 6.95. The minimum atomic E-state index is -3.40. The summed E-state index contributed by atoms with van der Waals surface area (Å²) in [7, 11) is -3.40. The zero-order valence-corrected chi connectivity index (χ0v) is 17.7. The Kier molecular flexibility index (Phi) is 7.61. The minimum absolute atomic E-state index is 0.00789. The number of likely N-dealkylation sites (tertiary alicyclic amines) is 1. The first-order valence-electron chi connectivity index (χ1n) is 10.1. The lowest BCUT2D eigenvalue weighted by Crippen LogP contribution is -2.53. The van der Waals surface area contributed by atoms with Crippen molar-refractivity contribution in [2.75, 3.05) is 58.7 Å². The van der Waals surface area contributed by atoms with Gasteiger partial charge >= 0.3 is 0 Å². The summed E-state index contributed by atoms with van der Waals surface area (Å²) in [5, 5.41) is 0. The quantitative estimate of drug-likeness (QED) is 0.648. The Morgan fingerprint density at radius 1 is 1.24 bits per heavy atom. The summed E-state index contributed by atoms with van der Waals surface area (Å²) in [6.07, 6.45) is 2.68. The molecule has 2 aliphatic heterocycles. The van der Waals surface area contributed by atoms with Gasteiger partial charge in [-0.05, 0) is 24.5 Å². The van der Waals surface area contributed by atoms with E-state index in [1.807, 2.05) is 0 Å². The van der Waals surface area contributed by atoms with E-state index in [1.165, 1.54) is 16.6 Å². The smallest absolute Gasteiger partial charge is 0.227 e. The molecule has 2 aliphatic rings. The van der Waals surface area contributed by atoms with E-state index in [4.69, 9.17) is 4.74 Å². The number of carbonyl (C=O) groups is 1. The highest BCUT2D eigenvalue weighted by Gasteiger charge is 2.33. The molecule has 0 spiro atoms. The van der Waals surface area contributed by atoms with Crippen LogP contribution in [0.25, 0.3) is 0 Å². The number of benzene rings is 1. The number of nitrogens with zero attached hydrogens (tertiary/aromatic N) is 3. The van der Waals surface area contributed by atoms with Gasteiger partial charge in [-0.15, -0.1) is 0 Å². The Morgan fingerprint density at radius 3 is 2.66 bits per heavy atom. The van der Waals surface area contributed by atoms with E-state index < -0.39 is 15.8 Å². The van der Waals surface area contributed by atoms with Crippen molar-refractivity contribution in [3.05, 3.63) is 35.6 Å². The number of carbonyl (C=O) groups excluding carboxylic acids is 1. The average molecular weight is 428 g/mol. The molecule has 0 aromatic heterocycles. The standard InChI is InChI=1S/C20H30FN3O4S/c1-29(26,27)24(10-9-22-11-13-28-14-12-22)18-6-4-8-23(16-18)20(25)15-17-5-2-3-7-19(17)21/h2-3,5,7,18H,4,6,8-16H2,1H3. The summed E-state index contributed by atoms with van der Waals surface area (Å²) < 4.78 is 45.7. The number of halogens is 1. The average Bonchev–Trinajstić information content (AvgIpc) is 2.70. The molecule has 0 aliphatic carbocycles. The molecular weight excluding hydrogens is 397 g/mol. The zero-order chi connectivity index (χ0) is 20.9. The first kappa shape index (κ1) is 22.1. The van der Waals surface area contributed by atoms with Crippen molar-refractivity contribution in [3.63, 3.8) is 0 Å². The fourth-order valence-electron chi connectivity index (χ4n) is 4.02. The number of hydrogen-bond acceptors (Lipinski definition) is 5. The molecular formula is C20H30FN3O4S. The maximum absolute atomic E-state index is 13.9. The van der Waals surface area contributed by atoms with Crippen molar-refractivity contribution in [1.29, 1.82) is 0 Å². The molecule has 29 heavy (non-hydrogen) atoms. The van der Waals surface area contributed by atoms with Crippen LogP contribution in [0.1, 0.15) is 18.4 Å². The van der Waals surface area contributed by atoms with Crippen molar-refractivity contribution in [2.45, 2.75) is 25.3 Å². The fourth-order valence-corrected chi connectivity index (χ4v) is 5.14. The Hall–Kier alpha value is -1.55. The van der Waals surface area contributed by atoms with Crippen molar-refractivity contribution in [2.24, 2.45) is 0 Å². The number of morpholine rings is 1. The normalized spacial score (nSPS) is 21.5. The highest BCUT2D eigenvalue weighted by Crippen LogP contribution is 2.20. The SMILES string of the molecule is CS(=O)(=O)N(CCN1CCOCC1)C1CCCN(C(=O)Cc2ccccc2F)C1. The molecule has 9 heteroatoms. The molecule has 0 saturated carbocycles. The number of piperidine rings is 1. The lowest BCUT2D eigenvalue weighted by Gasteiger charge is -2.39. The molecule has 0 radical (unpaired) electrons. The summed E-state index contributed by atoms with van der Waals surface area (Å²) in [5.41, 5.74) is 0.368. The second-order valence-electron chi connectivity index (χ2n) is 7.73. The molecule has 1 aromatic rings. The van der Waals surface area contributed by atoms with Gasteiger partial charge in [0.1, 0.15) is 5.82 Å². The third kappa shape index (κ3) is 6.21. The van der Waals surface area contributed by atoms with Gasteiger partial charge in [-0.25, -0.2) is 12.8 Å². The van der Waals surface area contributed by atoms with Gasteiger partial charge in [0.05, 0.1) is 25.9 Å². The van der Waals surface area contributed by atoms with Gasteiger partial charge in [0, 0.05) is 45.3 Å². The maximum atomic E-state index is 13.9. The number of hydrogen-bond donors (Lipinski definition) is 0. The number of amides is 1. The van der Waals surface area contributed by atoms with E-state index in [-0.39, 0.29) is 18.4 Å². The topological polar surface area (TPSA) is 70.2 Å². The van der Waals surface area contributed by atoms with Crippen molar-refractivity contribution in [3.8, 4) is 0 Å². The van der Waals surface area contributed by atoms with Crippen LogP contribution in [0.5, 0.6) is 0 Å². The van der Waals surface area contributed by atoms with Crippen molar-refractivity contribution in [1.82, 2.24) is 14.1 Å². The second-order valence-corrected chi connectivity index (χ2v) is 9.67. The molecule has 1 atom stereocenters. The van der Waals surface area contributed by atoms with E-state index in [9.17, 15) is 17.6 Å². The molecule has 1 aromatic carbocycles. The molecule has 162 valence electrons. The van der Waals surface area contributed by atoms with E-state index in [2.05, 4.69) is 4.90 Å². The highest BCUT2D eigenvalue weighted by molar-refractivity contribution is 7.88. The van der Waals surface area contributed by atoms with Gasteiger partial charge in [-0.2, -0.15) is 4.31 Å². The van der Waals surface area contributed by atoms with E-state index in [1.54, 1.807) is 23.1 Å². The van der Waals surface area contributed by atoms with Crippen LogP contribution in [0.3, 0.4) is 0 Å². The summed E-state index contributed by atoms with van der Waals surface area (Å²) in [5.74, 6) is -0.556. The number of sulfonamides is 1. The van der Waals surface area contributed by atoms with Crippen LogP contribution in [0.15, 0.2) is 24.3 Å². The molecule has 1 amide bonds. The first-order chi connectivity index (χ1) is 13.8. The van der Waals surface area contributed by atoms with Crippen LogP contribution >= 0.6 is 0 Å². The van der Waals surface area contributed by atoms with Crippen LogP contribution in [0.2, 0.25) is 0 Å². The third-order valence-electron chi connectivity index (χ3n) is 5.62. The van der Waals surface area contributed by atoms with Crippen molar-refractivity contribution >= 4 is 15.9 Å². The first-order valence-corrected chi connectivity index (χ1v) is 12.0. The van der Waals surface area contributed by atoms with Crippen LogP contribution in [-0.2, 0) is 26.0 Å². The van der Waals surface area contributed by atoms with E-state index in [0.29, 0.717) is 45.0 Å². The van der Waals surface area contributed by atoms with E-state index in [0.717, 1.165) is 25.9 Å². The molecule has 2 fully saturated rings. The zero-order valence-electron chi connectivity index (χ0n) is 16.9. The van der Waals surface area contributed by atoms with Crippen LogP contribution < -0.4 is 0 Å². The predicted molar refractivity (Wildman–Crippen MR) is 109 cm³/mol. The van der Waals surface area contributed by atoms with Crippen LogP contribution in [0.4, 0.5) is 4.39 Å². The Morgan fingerprint density at radius 2 is 1.97 bits per heavy atom. The molecule has 0 N–H and O–H groups in total. The summed E-state index contributed by atoms with van der Waals surface area (Å²) in [4.78, 5) is 16.6. The van der Waals surface area contributed by atoms with Gasteiger partial charge in [0.2, 0.25) is 15.9 Å². The molecule has 2 heterocycles. The van der Waals surface area contributed by atoms with E-state index >= 15 is 0 Å². The highest BCUT2D eigenvalue weighted by atomic mass is 32.2. The Labute approximate surface area is 172 Å². The van der Waals surface area contributed by atoms with Gasteiger partial charge in [0.25, 0.3) is 0 Å². The van der Waals surface area contributed by atoms with Crippen LogP contribution in [-0.4, -0.2) is 93.2 Å². The molecule has 2 saturated heterocycles. The Balaban J connectivity index is 1.62. The molecule has 3 rings (SSSR count). The minimum Gasteiger partial charge on any atom is -0.379 e. The van der Waals surface area contributed by atoms with Crippen molar-refractivity contribution < 1.29 is 22.3 Å². The summed E-state index contributed by atoms with van der Waals surface area (Å²) >= 11 is 0. The van der Waals surface area contributed by atoms with Gasteiger partial charge in [-0.1, -0.05) is 18.2 Å². The predicted octanol–water partition coefficient (Wildman–Crippen LogP) is 0.953. The lowest BCUT2D eigenvalue weighted by atomic mass is 10.0. The van der Waals surface area contributed by atoms with Gasteiger partial charge in [0.15, 0.2) is 0 Å². The largest absolute Gasteiger partial charge is 0.379 e. The Bertz CT molecular complexity index is 799. The summed E-state index contributed by atoms with van der Waals surface area (Å²) in [6.45, 7) is 4.91. The fraction of sp³-hybridized carbons (Fsp3) is 0.650. The molecule has 7 nitrogen and oxygen atoms in total. The lowest BCUT2D eigenvalue weighted by molar-refractivity contribution is -0.132. The summed E-state index contributed by atoms with van der Waals surface area (Å²) in [6, 6.07) is 6.02.